The van der Waals surface area contributed by atoms with Gasteiger partial charge in [-0.3, -0.25) is 14.4 Å². The average Bonchev–Trinajstić information content (AvgIpc) is 3.41. The van der Waals surface area contributed by atoms with E-state index < -0.39 is 12.1 Å². The number of hydrogen-bond acceptors (Lipinski definition) is 6. The lowest BCUT2D eigenvalue weighted by Crippen LogP contribution is -2.30. The van der Waals surface area contributed by atoms with Crippen LogP contribution < -0.4 is 0 Å². The number of hydrogen-bond donors (Lipinski definition) is 0. The van der Waals surface area contributed by atoms with Gasteiger partial charge in [0.15, 0.2) is 6.10 Å². The van der Waals surface area contributed by atoms with Gasteiger partial charge in [-0.2, -0.15) is 0 Å². The molecule has 0 aromatic heterocycles. The molecule has 0 aromatic carbocycles. The predicted octanol–water partition coefficient (Wildman–Crippen LogP) is 21.0. The van der Waals surface area contributed by atoms with Crippen molar-refractivity contribution in [1.29, 1.82) is 0 Å². The Hall–Kier alpha value is -4.45. The number of allylic oxidation sites excluding steroid dienone is 21. The Bertz CT molecular complexity index is 1620. The molecule has 0 fully saturated rings. The van der Waals surface area contributed by atoms with Crippen LogP contribution >= 0.6 is 0 Å². The van der Waals surface area contributed by atoms with Crippen molar-refractivity contribution in [2.75, 3.05) is 13.2 Å². The van der Waals surface area contributed by atoms with Gasteiger partial charge in [-0.1, -0.05) is 283 Å². The number of esters is 3. The molecule has 1 unspecified atom stereocenters. The fraction of sp³-hybridized carbons (Fsp3) is 0.638. The lowest BCUT2D eigenvalue weighted by atomic mass is 10.0. The van der Waals surface area contributed by atoms with Crippen LogP contribution in [0.15, 0.2) is 134 Å². The summed E-state index contributed by atoms with van der Waals surface area (Å²) in [6, 6.07) is 0. The van der Waals surface area contributed by atoms with Crippen molar-refractivity contribution in [3.8, 4) is 0 Å². The van der Waals surface area contributed by atoms with Crippen LogP contribution in [0.25, 0.3) is 0 Å². The number of carbonyl (C=O) groups is 3. The van der Waals surface area contributed by atoms with Crippen molar-refractivity contribution >= 4 is 17.9 Å². The van der Waals surface area contributed by atoms with Crippen LogP contribution in [-0.4, -0.2) is 37.2 Å². The minimum absolute atomic E-state index is 0.0949. The van der Waals surface area contributed by atoms with Crippen LogP contribution in [0.5, 0.6) is 0 Å². The molecule has 0 aliphatic rings. The molecule has 0 saturated carbocycles. The fourth-order valence-electron chi connectivity index (χ4n) is 8.17. The Kier molecular flexibility index (Phi) is 58.4. The Labute approximate surface area is 462 Å². The minimum atomic E-state index is -0.833. The molecule has 0 bridgehead atoms. The van der Waals surface area contributed by atoms with Crippen molar-refractivity contribution in [3.05, 3.63) is 134 Å². The Morgan fingerprint density at radius 2 is 0.560 bits per heavy atom. The molecule has 75 heavy (non-hydrogen) atoms. The first-order chi connectivity index (χ1) is 37.0. The fourth-order valence-corrected chi connectivity index (χ4v) is 8.17. The summed E-state index contributed by atoms with van der Waals surface area (Å²) in [5.41, 5.74) is 0. The quantitative estimate of drug-likeness (QED) is 0.0261. The van der Waals surface area contributed by atoms with Gasteiger partial charge in [0.1, 0.15) is 13.2 Å². The Morgan fingerprint density at radius 1 is 0.293 bits per heavy atom. The highest BCUT2D eigenvalue weighted by atomic mass is 16.6. The van der Waals surface area contributed by atoms with Crippen molar-refractivity contribution < 1.29 is 28.6 Å². The van der Waals surface area contributed by atoms with E-state index in [0.717, 1.165) is 109 Å². The first kappa shape index (κ1) is 70.5. The lowest BCUT2D eigenvalue weighted by molar-refractivity contribution is -0.166. The van der Waals surface area contributed by atoms with Gasteiger partial charge in [0.2, 0.25) is 0 Å². The molecule has 6 nitrogen and oxygen atoms in total. The second-order valence-electron chi connectivity index (χ2n) is 19.9. The van der Waals surface area contributed by atoms with Crippen LogP contribution in [0, 0.1) is 0 Å². The second kappa shape index (κ2) is 62.1. The molecular weight excluding hydrogens is 925 g/mol. The molecule has 0 saturated heterocycles. The monoisotopic (exact) mass is 1040 g/mol. The van der Waals surface area contributed by atoms with Crippen LogP contribution in [0.2, 0.25) is 0 Å². The zero-order valence-corrected chi connectivity index (χ0v) is 48.5. The zero-order chi connectivity index (χ0) is 54.3. The molecule has 0 N–H and O–H groups in total. The molecular formula is C69H112O6. The molecule has 0 rings (SSSR count). The van der Waals surface area contributed by atoms with E-state index in [1.54, 1.807) is 6.08 Å². The molecule has 0 aliphatic carbocycles. The maximum Gasteiger partial charge on any atom is 0.310 e. The summed E-state index contributed by atoms with van der Waals surface area (Å²) in [4.78, 5) is 38.0. The van der Waals surface area contributed by atoms with Crippen LogP contribution in [0.1, 0.15) is 265 Å². The highest BCUT2D eigenvalue weighted by molar-refractivity contribution is 5.72. The average molecular weight is 1040 g/mol. The van der Waals surface area contributed by atoms with E-state index in [1.165, 1.54) is 116 Å². The molecule has 0 aromatic rings. The SMILES string of the molecule is CC/C=C\C/C=C\C/C=C\C/C=C\C/C=C\C/C=C\CCCCCCCCCCCCCCCCC(=O)OCC(COC(=O)CCCCCCCCCCC)OC(=O)C/C=C\C/C=C\C/C=C\C/C=C\C/C=C\CC. The van der Waals surface area contributed by atoms with E-state index in [1.807, 2.05) is 6.08 Å². The molecule has 0 radical (unpaired) electrons. The normalized spacial score (nSPS) is 13.1. The van der Waals surface area contributed by atoms with Gasteiger partial charge >= 0.3 is 17.9 Å². The van der Waals surface area contributed by atoms with E-state index in [9.17, 15) is 14.4 Å². The van der Waals surface area contributed by atoms with Crippen LogP contribution in [-0.2, 0) is 28.6 Å². The second-order valence-corrected chi connectivity index (χ2v) is 19.9. The number of unbranched alkanes of at least 4 members (excludes halogenated alkanes) is 22. The van der Waals surface area contributed by atoms with E-state index in [4.69, 9.17) is 14.2 Å². The number of ether oxygens (including phenoxy) is 3. The molecule has 6 heteroatoms. The molecule has 0 spiro atoms. The molecule has 424 valence electrons. The van der Waals surface area contributed by atoms with Gasteiger partial charge in [-0.15, -0.1) is 0 Å². The first-order valence-corrected chi connectivity index (χ1v) is 30.7. The van der Waals surface area contributed by atoms with Gasteiger partial charge in [0.25, 0.3) is 0 Å². The maximum absolute atomic E-state index is 12.8. The topological polar surface area (TPSA) is 78.9 Å². The van der Waals surface area contributed by atoms with E-state index >= 15 is 0 Å². The van der Waals surface area contributed by atoms with E-state index in [0.29, 0.717) is 12.8 Å². The summed E-state index contributed by atoms with van der Waals surface area (Å²) in [6.07, 6.45) is 87.9. The van der Waals surface area contributed by atoms with Crippen molar-refractivity contribution in [3.63, 3.8) is 0 Å². The summed E-state index contributed by atoms with van der Waals surface area (Å²) in [7, 11) is 0. The number of carbonyl (C=O) groups excluding carboxylic acids is 3. The van der Waals surface area contributed by atoms with Crippen molar-refractivity contribution in [2.24, 2.45) is 0 Å². The van der Waals surface area contributed by atoms with Gasteiger partial charge in [0, 0.05) is 12.8 Å². The van der Waals surface area contributed by atoms with Gasteiger partial charge < -0.3 is 14.2 Å². The van der Waals surface area contributed by atoms with Gasteiger partial charge in [-0.25, -0.2) is 0 Å². The van der Waals surface area contributed by atoms with Crippen molar-refractivity contribution in [2.45, 2.75) is 271 Å². The summed E-state index contributed by atoms with van der Waals surface area (Å²) in [5.74, 6) is -1.05. The van der Waals surface area contributed by atoms with Crippen LogP contribution in [0.4, 0.5) is 0 Å². The molecule has 1 atom stereocenters. The van der Waals surface area contributed by atoms with Gasteiger partial charge in [0.05, 0.1) is 6.42 Å². The third kappa shape index (κ3) is 60.3. The standard InChI is InChI=1S/C69H112O6/c1-4-7-10-13-16-19-21-23-25-26-27-28-29-30-31-32-33-34-35-36-37-38-39-40-41-42-44-45-47-50-53-56-59-62-68(71)74-65-66(64-73-67(70)61-58-55-52-49-18-15-12-9-6-3)75-69(72)63-60-57-54-51-48-46-43-24-22-20-17-14-11-8-5-2/h7-8,10-11,16-17,19-20,23-25,27-28,30-31,33-34,43,48,51,57,60,66H,4-6,9,12-15,18,21-22,26,29,32,35-42,44-47,49-50,52-56,58-59,61-65H2,1-3H3/b10-7-,11-8-,19-16-,20-17-,25-23-,28-27-,31-30-,34-33-,43-24-,51-48-,60-57-. The van der Waals surface area contributed by atoms with E-state index in [-0.39, 0.29) is 31.6 Å². The maximum atomic E-state index is 12.8. The summed E-state index contributed by atoms with van der Waals surface area (Å²) in [6.45, 7) is 6.30. The zero-order valence-electron chi connectivity index (χ0n) is 48.5. The third-order valence-electron chi connectivity index (χ3n) is 12.7. The lowest BCUT2D eigenvalue weighted by Gasteiger charge is -2.18. The smallest absolute Gasteiger partial charge is 0.310 e. The molecule has 0 aliphatic heterocycles. The summed E-state index contributed by atoms with van der Waals surface area (Å²) < 4.78 is 16.7. The highest BCUT2D eigenvalue weighted by Crippen LogP contribution is 2.15. The molecule has 0 heterocycles. The third-order valence-corrected chi connectivity index (χ3v) is 12.7. The largest absolute Gasteiger partial charge is 0.462 e. The molecule has 0 amide bonds. The van der Waals surface area contributed by atoms with Crippen molar-refractivity contribution in [1.82, 2.24) is 0 Å². The predicted molar refractivity (Wildman–Crippen MR) is 325 cm³/mol. The summed E-state index contributed by atoms with van der Waals surface area (Å²) >= 11 is 0. The van der Waals surface area contributed by atoms with E-state index in [2.05, 4.69) is 142 Å². The highest BCUT2D eigenvalue weighted by Gasteiger charge is 2.19. The van der Waals surface area contributed by atoms with Crippen LogP contribution in [0.3, 0.4) is 0 Å². The number of rotatable bonds is 54. The minimum Gasteiger partial charge on any atom is -0.462 e. The Morgan fingerprint density at radius 3 is 0.880 bits per heavy atom. The van der Waals surface area contributed by atoms with Gasteiger partial charge in [-0.05, 0) is 96.3 Å². The first-order valence-electron chi connectivity index (χ1n) is 30.7. The summed E-state index contributed by atoms with van der Waals surface area (Å²) in [5, 5.41) is 0. The Balaban J connectivity index is 4.18.